The number of hydrazine groups is 1. The van der Waals surface area contributed by atoms with Crippen LogP contribution in [0.2, 0.25) is 0 Å². The van der Waals surface area contributed by atoms with Gasteiger partial charge in [0.1, 0.15) is 4.88 Å². The summed E-state index contributed by atoms with van der Waals surface area (Å²) in [6, 6.07) is 0. The van der Waals surface area contributed by atoms with E-state index in [1.165, 1.54) is 11.3 Å². The predicted molar refractivity (Wildman–Crippen MR) is 68.1 cm³/mol. The Bertz CT molecular complexity index is 386. The van der Waals surface area contributed by atoms with Crippen molar-refractivity contribution in [3.05, 3.63) is 11.1 Å². The van der Waals surface area contributed by atoms with Gasteiger partial charge in [0.25, 0.3) is 5.91 Å². The van der Waals surface area contributed by atoms with Gasteiger partial charge in [0.15, 0.2) is 5.13 Å². The van der Waals surface area contributed by atoms with Crippen molar-refractivity contribution in [2.45, 2.75) is 6.92 Å². The molecule has 17 heavy (non-hydrogen) atoms. The molecule has 0 atom stereocenters. The smallest absolute Gasteiger partial charge is 0.276 e. The highest BCUT2D eigenvalue weighted by Crippen LogP contribution is 2.23. The number of nitrogens with one attached hydrogen (secondary N) is 1. The Morgan fingerprint density at radius 1 is 1.53 bits per heavy atom. The molecule has 2 rings (SSSR count). The number of carbonyl (C=O) groups is 1. The molecule has 1 aromatic heterocycles. The van der Waals surface area contributed by atoms with Gasteiger partial charge in [0, 0.05) is 26.2 Å². The van der Waals surface area contributed by atoms with E-state index in [1.54, 1.807) is 6.20 Å². The first-order valence-electron chi connectivity index (χ1n) is 5.68. The lowest BCUT2D eigenvalue weighted by atomic mass is 10.3. The van der Waals surface area contributed by atoms with E-state index in [2.05, 4.69) is 27.1 Å². The fourth-order valence-corrected chi connectivity index (χ4v) is 2.71. The van der Waals surface area contributed by atoms with E-state index in [-0.39, 0.29) is 5.91 Å². The SMILES string of the molecule is CCN1CCN(c2ncc(C(=O)NN)s2)CC1. The fourth-order valence-electron chi connectivity index (χ4n) is 1.84. The van der Waals surface area contributed by atoms with Gasteiger partial charge in [-0.1, -0.05) is 18.3 Å². The Balaban J connectivity index is 1.99. The van der Waals surface area contributed by atoms with Crippen LogP contribution in [0.15, 0.2) is 6.20 Å². The molecule has 6 nitrogen and oxygen atoms in total. The van der Waals surface area contributed by atoms with E-state index < -0.39 is 0 Å². The summed E-state index contributed by atoms with van der Waals surface area (Å²) in [6.07, 6.45) is 1.58. The lowest BCUT2D eigenvalue weighted by Crippen LogP contribution is -2.46. The third kappa shape index (κ3) is 2.74. The molecule has 1 aliphatic rings. The van der Waals surface area contributed by atoms with Crippen molar-refractivity contribution >= 4 is 22.4 Å². The second kappa shape index (κ2) is 5.44. The van der Waals surface area contributed by atoms with Crippen molar-refractivity contribution < 1.29 is 4.79 Å². The zero-order valence-corrected chi connectivity index (χ0v) is 10.7. The maximum absolute atomic E-state index is 11.3. The zero-order chi connectivity index (χ0) is 12.3. The third-order valence-electron chi connectivity index (χ3n) is 2.94. The van der Waals surface area contributed by atoms with E-state index in [9.17, 15) is 4.79 Å². The average Bonchev–Trinajstić information content (AvgIpc) is 2.87. The molecule has 0 aromatic carbocycles. The molecule has 1 aromatic rings. The second-order valence-corrected chi connectivity index (χ2v) is 4.91. The minimum absolute atomic E-state index is 0.277. The van der Waals surface area contributed by atoms with Gasteiger partial charge in [-0.15, -0.1) is 0 Å². The van der Waals surface area contributed by atoms with Crippen LogP contribution in [0.25, 0.3) is 0 Å². The molecule has 0 bridgehead atoms. The third-order valence-corrected chi connectivity index (χ3v) is 4.00. The summed E-state index contributed by atoms with van der Waals surface area (Å²) in [5, 5.41) is 0.902. The molecule has 3 N–H and O–H groups in total. The number of carbonyl (C=O) groups excluding carboxylic acids is 1. The van der Waals surface area contributed by atoms with Gasteiger partial charge in [-0.3, -0.25) is 10.2 Å². The molecule has 0 saturated carbocycles. The summed E-state index contributed by atoms with van der Waals surface area (Å²) in [5.41, 5.74) is 2.12. The number of anilines is 1. The number of aromatic nitrogens is 1. The number of nitrogen functional groups attached to an aromatic ring is 1. The van der Waals surface area contributed by atoms with Gasteiger partial charge < -0.3 is 9.80 Å². The highest BCUT2D eigenvalue weighted by atomic mass is 32.1. The number of amides is 1. The molecule has 94 valence electrons. The van der Waals surface area contributed by atoms with Gasteiger partial charge >= 0.3 is 0 Å². The average molecular weight is 255 g/mol. The fraction of sp³-hybridized carbons (Fsp3) is 0.600. The van der Waals surface area contributed by atoms with Crippen LogP contribution in [0, 0.1) is 0 Å². The molecule has 1 amide bonds. The van der Waals surface area contributed by atoms with E-state index >= 15 is 0 Å². The molecule has 1 saturated heterocycles. The topological polar surface area (TPSA) is 74.5 Å². The first-order chi connectivity index (χ1) is 8.24. The molecular weight excluding hydrogens is 238 g/mol. The Morgan fingerprint density at radius 2 is 2.24 bits per heavy atom. The number of hydrogen-bond donors (Lipinski definition) is 2. The van der Waals surface area contributed by atoms with Crippen LogP contribution in [-0.4, -0.2) is 48.5 Å². The van der Waals surface area contributed by atoms with Gasteiger partial charge in [-0.25, -0.2) is 10.8 Å². The summed E-state index contributed by atoms with van der Waals surface area (Å²) in [4.78, 5) is 20.8. The number of likely N-dealkylation sites (N-methyl/N-ethyl adjacent to an activating group) is 1. The van der Waals surface area contributed by atoms with Crippen molar-refractivity contribution in [3.8, 4) is 0 Å². The maximum atomic E-state index is 11.3. The lowest BCUT2D eigenvalue weighted by Gasteiger charge is -2.33. The van der Waals surface area contributed by atoms with Crippen LogP contribution >= 0.6 is 11.3 Å². The van der Waals surface area contributed by atoms with Gasteiger partial charge in [0.05, 0.1) is 6.20 Å². The van der Waals surface area contributed by atoms with Crippen molar-refractivity contribution in [3.63, 3.8) is 0 Å². The van der Waals surface area contributed by atoms with Crippen molar-refractivity contribution in [2.75, 3.05) is 37.6 Å². The quantitative estimate of drug-likeness (QED) is 0.448. The van der Waals surface area contributed by atoms with Crippen LogP contribution in [0.3, 0.4) is 0 Å². The van der Waals surface area contributed by atoms with Crippen LogP contribution < -0.4 is 16.2 Å². The molecule has 1 aliphatic heterocycles. The zero-order valence-electron chi connectivity index (χ0n) is 9.85. The Labute approximate surface area is 104 Å². The molecular formula is C10H17N5OS. The molecule has 0 unspecified atom stereocenters. The number of nitrogens with two attached hydrogens (primary N) is 1. The Hall–Kier alpha value is -1.18. The summed E-state index contributed by atoms with van der Waals surface area (Å²) in [6.45, 7) is 7.29. The van der Waals surface area contributed by atoms with Crippen LogP contribution in [0.5, 0.6) is 0 Å². The summed E-state index contributed by atoms with van der Waals surface area (Å²) in [7, 11) is 0. The lowest BCUT2D eigenvalue weighted by molar-refractivity contribution is 0.0957. The minimum Gasteiger partial charge on any atom is -0.346 e. The molecule has 2 heterocycles. The maximum Gasteiger partial charge on any atom is 0.276 e. The van der Waals surface area contributed by atoms with Gasteiger partial charge in [0.2, 0.25) is 0 Å². The Kier molecular flexibility index (Phi) is 3.93. The van der Waals surface area contributed by atoms with Crippen molar-refractivity contribution in [2.24, 2.45) is 5.84 Å². The van der Waals surface area contributed by atoms with Crippen molar-refractivity contribution in [1.82, 2.24) is 15.3 Å². The number of rotatable bonds is 3. The summed E-state index contributed by atoms with van der Waals surface area (Å²) >= 11 is 1.39. The van der Waals surface area contributed by atoms with Crippen molar-refractivity contribution in [1.29, 1.82) is 0 Å². The minimum atomic E-state index is -0.277. The molecule has 0 radical (unpaired) electrons. The Morgan fingerprint density at radius 3 is 2.82 bits per heavy atom. The van der Waals surface area contributed by atoms with E-state index in [4.69, 9.17) is 5.84 Å². The number of thiazole rings is 1. The molecule has 1 fully saturated rings. The van der Waals surface area contributed by atoms with E-state index in [0.29, 0.717) is 4.88 Å². The number of nitrogens with zero attached hydrogens (tertiary/aromatic N) is 3. The normalized spacial score (nSPS) is 17.2. The predicted octanol–water partition coefficient (Wildman–Crippen LogP) is -0.112. The van der Waals surface area contributed by atoms with Crippen LogP contribution in [0.1, 0.15) is 16.6 Å². The molecule has 0 spiro atoms. The number of piperazine rings is 1. The van der Waals surface area contributed by atoms with Crippen LogP contribution in [0.4, 0.5) is 5.13 Å². The summed E-state index contributed by atoms with van der Waals surface area (Å²) in [5.74, 6) is 4.81. The highest BCUT2D eigenvalue weighted by molar-refractivity contribution is 7.17. The van der Waals surface area contributed by atoms with Gasteiger partial charge in [-0.2, -0.15) is 0 Å². The monoisotopic (exact) mass is 255 g/mol. The molecule has 0 aliphatic carbocycles. The molecule has 7 heteroatoms. The first kappa shape index (κ1) is 12.3. The standard InChI is InChI=1S/C10H17N5OS/c1-2-14-3-5-15(6-4-14)10-12-7-8(17-10)9(16)13-11/h7H,2-6,11H2,1H3,(H,13,16). The highest BCUT2D eigenvalue weighted by Gasteiger charge is 2.19. The largest absolute Gasteiger partial charge is 0.346 e. The second-order valence-electron chi connectivity index (χ2n) is 3.90. The van der Waals surface area contributed by atoms with Crippen LogP contribution in [-0.2, 0) is 0 Å². The van der Waals surface area contributed by atoms with E-state index in [1.807, 2.05) is 0 Å². The summed E-state index contributed by atoms with van der Waals surface area (Å²) < 4.78 is 0. The van der Waals surface area contributed by atoms with E-state index in [0.717, 1.165) is 37.9 Å². The van der Waals surface area contributed by atoms with Gasteiger partial charge in [-0.05, 0) is 6.54 Å². The number of hydrogen-bond acceptors (Lipinski definition) is 6. The first-order valence-corrected chi connectivity index (χ1v) is 6.50.